The molecule has 1 atom stereocenters. The Hall–Kier alpha value is -1.36. The fourth-order valence-corrected chi connectivity index (χ4v) is 3.27. The molecule has 0 amide bonds. The summed E-state index contributed by atoms with van der Waals surface area (Å²) >= 11 is 0. The molecular weight excluding hydrogens is 250 g/mol. The summed E-state index contributed by atoms with van der Waals surface area (Å²) in [5.74, 6) is 3.00. The summed E-state index contributed by atoms with van der Waals surface area (Å²) in [5.41, 5.74) is 0. The first-order chi connectivity index (χ1) is 9.80. The van der Waals surface area contributed by atoms with Gasteiger partial charge >= 0.3 is 0 Å². The Kier molecular flexibility index (Phi) is 4.05. The maximum absolute atomic E-state index is 4.73. The highest BCUT2D eigenvalue weighted by Gasteiger charge is 2.31. The van der Waals surface area contributed by atoms with Crippen LogP contribution >= 0.6 is 0 Å². The number of aromatic nitrogens is 2. The number of hydrogen-bond acceptors (Lipinski definition) is 5. The largest absolute Gasteiger partial charge is 0.370 e. The molecule has 0 aromatic carbocycles. The van der Waals surface area contributed by atoms with Crippen molar-refractivity contribution in [2.45, 2.75) is 39.2 Å². The lowest BCUT2D eigenvalue weighted by atomic mass is 10.1. The van der Waals surface area contributed by atoms with Gasteiger partial charge in [-0.15, -0.1) is 0 Å². The molecule has 0 radical (unpaired) electrons. The number of rotatable bonds is 4. The number of nitrogens with zero attached hydrogens (tertiary/aromatic N) is 4. The van der Waals surface area contributed by atoms with Crippen molar-refractivity contribution in [2.75, 3.05) is 42.9 Å². The van der Waals surface area contributed by atoms with E-state index in [1.54, 1.807) is 0 Å². The van der Waals surface area contributed by atoms with Gasteiger partial charge in [-0.25, -0.2) is 9.97 Å². The van der Waals surface area contributed by atoms with Gasteiger partial charge in [-0.3, -0.25) is 4.90 Å². The van der Waals surface area contributed by atoms with Crippen molar-refractivity contribution in [2.24, 2.45) is 0 Å². The number of fused-ring (bicyclic) bond motifs is 1. The Morgan fingerprint density at radius 2 is 2.15 bits per heavy atom. The molecule has 0 aliphatic carbocycles. The zero-order valence-electron chi connectivity index (χ0n) is 12.6. The third-order valence-electron chi connectivity index (χ3n) is 4.34. The predicted molar refractivity (Wildman–Crippen MR) is 82.4 cm³/mol. The zero-order valence-corrected chi connectivity index (χ0v) is 12.6. The molecule has 2 fully saturated rings. The number of anilines is 2. The van der Waals surface area contributed by atoms with Crippen molar-refractivity contribution < 1.29 is 0 Å². The van der Waals surface area contributed by atoms with E-state index in [0.29, 0.717) is 0 Å². The Morgan fingerprint density at radius 1 is 1.25 bits per heavy atom. The van der Waals surface area contributed by atoms with Crippen molar-refractivity contribution in [1.29, 1.82) is 0 Å². The lowest BCUT2D eigenvalue weighted by Crippen LogP contribution is -2.50. The lowest BCUT2D eigenvalue weighted by molar-refractivity contribution is 0.230. The normalized spacial score (nSPS) is 22.9. The summed E-state index contributed by atoms with van der Waals surface area (Å²) in [7, 11) is 0. The smallest absolute Gasteiger partial charge is 0.134 e. The third kappa shape index (κ3) is 2.73. The maximum atomic E-state index is 4.73. The highest BCUT2D eigenvalue weighted by Crippen LogP contribution is 2.25. The minimum atomic E-state index is 0.728. The summed E-state index contributed by atoms with van der Waals surface area (Å²) in [6.07, 6.45) is 3.57. The van der Waals surface area contributed by atoms with Crippen LogP contribution < -0.4 is 10.2 Å². The molecule has 1 N–H and O–H groups in total. The van der Waals surface area contributed by atoms with Crippen molar-refractivity contribution >= 4 is 11.6 Å². The second-order valence-electron chi connectivity index (χ2n) is 5.69. The van der Waals surface area contributed by atoms with Crippen LogP contribution in [0.2, 0.25) is 0 Å². The van der Waals surface area contributed by atoms with Crippen LogP contribution in [-0.2, 0) is 6.42 Å². The van der Waals surface area contributed by atoms with Gasteiger partial charge in [0.05, 0.1) is 0 Å². The molecule has 5 heteroatoms. The molecule has 2 saturated heterocycles. The summed E-state index contributed by atoms with van der Waals surface area (Å²) in [4.78, 5) is 14.3. The van der Waals surface area contributed by atoms with Crippen LogP contribution in [0.25, 0.3) is 0 Å². The van der Waals surface area contributed by atoms with Crippen LogP contribution in [0.3, 0.4) is 0 Å². The first-order valence-corrected chi connectivity index (χ1v) is 7.91. The van der Waals surface area contributed by atoms with E-state index in [9.17, 15) is 0 Å². The molecule has 2 aliphatic rings. The van der Waals surface area contributed by atoms with Crippen molar-refractivity contribution in [3.8, 4) is 0 Å². The topological polar surface area (TPSA) is 44.3 Å². The number of piperazine rings is 1. The van der Waals surface area contributed by atoms with E-state index in [0.717, 1.165) is 49.6 Å². The van der Waals surface area contributed by atoms with E-state index < -0.39 is 0 Å². The Morgan fingerprint density at radius 3 is 2.95 bits per heavy atom. The highest BCUT2D eigenvalue weighted by molar-refractivity contribution is 5.50. The van der Waals surface area contributed by atoms with Crippen LogP contribution in [0.1, 0.15) is 32.5 Å². The fraction of sp³-hybridized carbons (Fsp3) is 0.733. The molecule has 0 saturated carbocycles. The molecule has 0 bridgehead atoms. The van der Waals surface area contributed by atoms with Gasteiger partial charge < -0.3 is 10.2 Å². The Balaban J connectivity index is 1.79. The molecule has 3 heterocycles. The minimum absolute atomic E-state index is 0.728. The van der Waals surface area contributed by atoms with Crippen LogP contribution in [0, 0.1) is 0 Å². The second kappa shape index (κ2) is 5.95. The van der Waals surface area contributed by atoms with E-state index in [-0.39, 0.29) is 0 Å². The van der Waals surface area contributed by atoms with Crippen LogP contribution in [0.5, 0.6) is 0 Å². The molecule has 3 rings (SSSR count). The molecule has 20 heavy (non-hydrogen) atoms. The molecule has 1 aromatic heterocycles. The summed E-state index contributed by atoms with van der Waals surface area (Å²) < 4.78 is 0. The number of nitrogens with one attached hydrogen (secondary N) is 1. The van der Waals surface area contributed by atoms with Gasteiger partial charge in [0.25, 0.3) is 0 Å². The van der Waals surface area contributed by atoms with Gasteiger partial charge in [0.2, 0.25) is 0 Å². The summed E-state index contributed by atoms with van der Waals surface area (Å²) in [5, 5.41) is 3.32. The molecular formula is C15H25N5. The van der Waals surface area contributed by atoms with Crippen molar-refractivity contribution in [3.05, 3.63) is 11.9 Å². The third-order valence-corrected chi connectivity index (χ3v) is 4.34. The van der Waals surface area contributed by atoms with Crippen molar-refractivity contribution in [1.82, 2.24) is 14.9 Å². The van der Waals surface area contributed by atoms with Gasteiger partial charge in [0.15, 0.2) is 0 Å². The fourth-order valence-electron chi connectivity index (χ4n) is 3.27. The average molecular weight is 275 g/mol. The van der Waals surface area contributed by atoms with Crippen LogP contribution in [0.4, 0.5) is 11.6 Å². The SMILES string of the molecule is CCNc1cc(N2CCN3CCCC3C2)nc(CC)n1. The van der Waals surface area contributed by atoms with Crippen LogP contribution in [0.15, 0.2) is 6.07 Å². The molecule has 0 spiro atoms. The van der Waals surface area contributed by atoms with Gasteiger partial charge in [-0.05, 0) is 26.3 Å². The van der Waals surface area contributed by atoms with E-state index in [4.69, 9.17) is 4.98 Å². The van der Waals surface area contributed by atoms with Crippen LogP contribution in [-0.4, -0.2) is 53.6 Å². The number of aryl methyl sites for hydroxylation is 1. The monoisotopic (exact) mass is 275 g/mol. The maximum Gasteiger partial charge on any atom is 0.134 e. The molecule has 1 unspecified atom stereocenters. The first kappa shape index (κ1) is 13.6. The first-order valence-electron chi connectivity index (χ1n) is 7.91. The van der Waals surface area contributed by atoms with Gasteiger partial charge in [-0.2, -0.15) is 0 Å². The molecule has 110 valence electrons. The zero-order chi connectivity index (χ0) is 13.9. The Labute approximate surface area is 121 Å². The van der Waals surface area contributed by atoms with Crippen molar-refractivity contribution in [3.63, 3.8) is 0 Å². The van der Waals surface area contributed by atoms with E-state index in [1.807, 2.05) is 0 Å². The van der Waals surface area contributed by atoms with E-state index >= 15 is 0 Å². The highest BCUT2D eigenvalue weighted by atomic mass is 15.3. The number of hydrogen-bond donors (Lipinski definition) is 1. The minimum Gasteiger partial charge on any atom is -0.370 e. The molecule has 1 aromatic rings. The predicted octanol–water partition coefficient (Wildman–Crippen LogP) is 1.76. The standard InChI is InChI=1S/C15H25N5/c1-3-13-17-14(16-4-2)10-15(18-13)20-9-8-19-7-5-6-12(19)11-20/h10,12H,3-9,11H2,1-2H3,(H,16,17,18). The van der Waals surface area contributed by atoms with E-state index in [2.05, 4.69) is 40.0 Å². The summed E-state index contributed by atoms with van der Waals surface area (Å²) in [6, 6.07) is 2.83. The average Bonchev–Trinajstić information content (AvgIpc) is 2.94. The second-order valence-corrected chi connectivity index (χ2v) is 5.69. The lowest BCUT2D eigenvalue weighted by Gasteiger charge is -2.38. The van der Waals surface area contributed by atoms with Gasteiger partial charge in [0, 0.05) is 44.7 Å². The van der Waals surface area contributed by atoms with Gasteiger partial charge in [-0.1, -0.05) is 6.92 Å². The Bertz CT molecular complexity index is 462. The molecule has 5 nitrogen and oxygen atoms in total. The molecule has 2 aliphatic heterocycles. The quantitative estimate of drug-likeness (QED) is 0.907. The summed E-state index contributed by atoms with van der Waals surface area (Å²) in [6.45, 7) is 9.77. The van der Waals surface area contributed by atoms with Gasteiger partial charge in [0.1, 0.15) is 17.5 Å². The van der Waals surface area contributed by atoms with E-state index in [1.165, 1.54) is 25.9 Å².